The average molecular weight is 442 g/mol. The number of nitrogens with zero attached hydrogens (tertiary/aromatic N) is 2. The van der Waals surface area contributed by atoms with Gasteiger partial charge in [-0.05, 0) is 55.2 Å². The van der Waals surface area contributed by atoms with Crippen LogP contribution < -0.4 is 10.2 Å². The minimum Gasteiger partial charge on any atom is -0.371 e. The molecule has 2 aliphatic rings. The fourth-order valence-electron chi connectivity index (χ4n) is 4.69. The quantitative estimate of drug-likeness (QED) is 0.514. The number of hydrogen-bond acceptors (Lipinski definition) is 6. The van der Waals surface area contributed by atoms with Crippen LogP contribution >= 0.6 is 0 Å². The second-order valence-electron chi connectivity index (χ2n) is 9.40. The van der Waals surface area contributed by atoms with Crippen LogP contribution in [-0.2, 0) is 19.2 Å². The van der Waals surface area contributed by atoms with Gasteiger partial charge in [0.15, 0.2) is 0 Å². The first-order valence-electron chi connectivity index (χ1n) is 11.1. The molecule has 2 saturated heterocycles. The number of aldehydes is 1. The molecule has 2 heterocycles. The highest BCUT2D eigenvalue weighted by Crippen LogP contribution is 2.38. The lowest BCUT2D eigenvalue weighted by molar-refractivity contribution is -0.139. The largest absolute Gasteiger partial charge is 0.371 e. The number of carbonyl (C=O) groups excluding carboxylic acids is 5. The lowest BCUT2D eigenvalue weighted by Gasteiger charge is -2.41. The van der Waals surface area contributed by atoms with Crippen LogP contribution in [0.4, 0.5) is 5.69 Å². The molecule has 1 aromatic rings. The second kappa shape index (κ2) is 9.63. The predicted octanol–water partition coefficient (Wildman–Crippen LogP) is 2.23. The standard InChI is InChI=1S/C24H31N3O5/c1-16-4-5-18(26-11-8-17(9-12-26)24(2,3)10-13-28)14-19(16)23(32)27(15-29)20-6-7-21(30)25-22(20)31/h4-5,13-15,17,20H,6-12H2,1-3H3,(H,25,30,31). The Balaban J connectivity index is 1.76. The SMILES string of the molecule is Cc1ccc(N2CCC(C(C)(C)CC=O)CC2)cc1C(=O)N(C=O)C1CCC(=O)NC1=O. The Bertz CT molecular complexity index is 918. The second-order valence-corrected chi connectivity index (χ2v) is 9.40. The van der Waals surface area contributed by atoms with E-state index in [0.717, 1.165) is 42.8 Å². The molecule has 0 saturated carbocycles. The molecule has 0 aromatic heterocycles. The van der Waals surface area contributed by atoms with Crippen LogP contribution in [0.15, 0.2) is 18.2 Å². The van der Waals surface area contributed by atoms with Crippen molar-refractivity contribution in [3.63, 3.8) is 0 Å². The number of hydrogen-bond donors (Lipinski definition) is 1. The van der Waals surface area contributed by atoms with Crippen molar-refractivity contribution in [2.45, 2.75) is 58.9 Å². The molecule has 1 N–H and O–H groups in total. The summed E-state index contributed by atoms with van der Waals surface area (Å²) in [5.41, 5.74) is 1.93. The molecule has 1 unspecified atom stereocenters. The van der Waals surface area contributed by atoms with Gasteiger partial charge < -0.3 is 9.69 Å². The van der Waals surface area contributed by atoms with Crippen molar-refractivity contribution in [1.29, 1.82) is 0 Å². The zero-order chi connectivity index (χ0) is 23.5. The number of nitrogens with one attached hydrogen (secondary N) is 1. The maximum Gasteiger partial charge on any atom is 0.261 e. The van der Waals surface area contributed by atoms with Crippen LogP contribution in [-0.4, -0.2) is 54.4 Å². The van der Waals surface area contributed by atoms with Crippen molar-refractivity contribution in [2.24, 2.45) is 11.3 Å². The smallest absolute Gasteiger partial charge is 0.261 e. The highest BCUT2D eigenvalue weighted by molar-refractivity contribution is 6.07. The van der Waals surface area contributed by atoms with Gasteiger partial charge in [-0.1, -0.05) is 19.9 Å². The van der Waals surface area contributed by atoms with E-state index >= 15 is 0 Å². The van der Waals surface area contributed by atoms with Crippen LogP contribution in [0.3, 0.4) is 0 Å². The van der Waals surface area contributed by atoms with E-state index in [9.17, 15) is 24.0 Å². The molecule has 2 aliphatic heterocycles. The number of aryl methyl sites for hydroxylation is 1. The molecule has 8 heteroatoms. The first kappa shape index (κ1) is 23.6. The van der Waals surface area contributed by atoms with Crippen molar-refractivity contribution < 1.29 is 24.0 Å². The van der Waals surface area contributed by atoms with Gasteiger partial charge in [0.25, 0.3) is 5.91 Å². The summed E-state index contributed by atoms with van der Waals surface area (Å²) in [6.45, 7) is 7.68. The fourth-order valence-corrected chi connectivity index (χ4v) is 4.69. The Labute approximate surface area is 188 Å². The van der Waals surface area contributed by atoms with Crippen LogP contribution in [0.1, 0.15) is 61.9 Å². The first-order valence-corrected chi connectivity index (χ1v) is 11.1. The summed E-state index contributed by atoms with van der Waals surface area (Å²) in [5, 5.41) is 2.19. The van der Waals surface area contributed by atoms with Gasteiger partial charge >= 0.3 is 0 Å². The molecule has 0 spiro atoms. The fraction of sp³-hybridized carbons (Fsp3) is 0.542. The van der Waals surface area contributed by atoms with Crippen molar-refractivity contribution >= 4 is 36.1 Å². The van der Waals surface area contributed by atoms with Crippen LogP contribution in [0.2, 0.25) is 0 Å². The van der Waals surface area contributed by atoms with Gasteiger partial charge in [0.2, 0.25) is 18.2 Å². The Morgan fingerprint density at radius 1 is 1.19 bits per heavy atom. The predicted molar refractivity (Wildman–Crippen MR) is 119 cm³/mol. The highest BCUT2D eigenvalue weighted by atomic mass is 16.2. The number of rotatable bonds is 7. The molecule has 0 aliphatic carbocycles. The third kappa shape index (κ3) is 4.89. The molecule has 8 nitrogen and oxygen atoms in total. The van der Waals surface area contributed by atoms with Gasteiger partial charge in [-0.25, -0.2) is 0 Å². The summed E-state index contributed by atoms with van der Waals surface area (Å²) in [7, 11) is 0. The third-order valence-electron chi connectivity index (χ3n) is 6.92. The van der Waals surface area contributed by atoms with Crippen LogP contribution in [0, 0.1) is 18.3 Å². The number of amides is 4. The summed E-state index contributed by atoms with van der Waals surface area (Å²) in [4.78, 5) is 62.6. The van der Waals surface area contributed by atoms with Crippen LogP contribution in [0.5, 0.6) is 0 Å². The summed E-state index contributed by atoms with van der Waals surface area (Å²) < 4.78 is 0. The van der Waals surface area contributed by atoms with E-state index in [1.54, 1.807) is 13.0 Å². The molecule has 1 atom stereocenters. The van der Waals surface area contributed by atoms with Gasteiger partial charge in [-0.15, -0.1) is 0 Å². The first-order chi connectivity index (χ1) is 15.2. The Hall–Kier alpha value is -3.03. The van der Waals surface area contributed by atoms with Gasteiger partial charge in [-0.2, -0.15) is 0 Å². The van der Waals surface area contributed by atoms with E-state index in [2.05, 4.69) is 24.1 Å². The summed E-state index contributed by atoms with van der Waals surface area (Å²) in [6, 6.07) is 4.59. The van der Waals surface area contributed by atoms with Crippen molar-refractivity contribution in [3.05, 3.63) is 29.3 Å². The van der Waals surface area contributed by atoms with E-state index in [1.807, 2.05) is 12.1 Å². The molecule has 0 bridgehead atoms. The Morgan fingerprint density at radius 2 is 1.88 bits per heavy atom. The summed E-state index contributed by atoms with van der Waals surface area (Å²) in [5.74, 6) is -1.12. The van der Waals surface area contributed by atoms with E-state index in [0.29, 0.717) is 29.9 Å². The molecule has 172 valence electrons. The molecule has 1 aromatic carbocycles. The minimum atomic E-state index is -0.989. The molecular weight excluding hydrogens is 410 g/mol. The maximum absolute atomic E-state index is 13.2. The lowest BCUT2D eigenvalue weighted by atomic mass is 9.72. The number of piperidine rings is 2. The number of carbonyl (C=O) groups is 5. The van der Waals surface area contributed by atoms with Gasteiger partial charge in [0.05, 0.1) is 0 Å². The normalized spacial score (nSPS) is 20.0. The monoisotopic (exact) mass is 441 g/mol. The average Bonchev–Trinajstić information content (AvgIpc) is 2.76. The van der Waals surface area contributed by atoms with Gasteiger partial charge in [0.1, 0.15) is 12.3 Å². The maximum atomic E-state index is 13.2. The van der Waals surface area contributed by atoms with Crippen molar-refractivity contribution in [1.82, 2.24) is 10.2 Å². The molecule has 0 radical (unpaired) electrons. The lowest BCUT2D eigenvalue weighted by Crippen LogP contribution is -2.54. The zero-order valence-corrected chi connectivity index (χ0v) is 18.9. The van der Waals surface area contributed by atoms with E-state index in [-0.39, 0.29) is 18.3 Å². The third-order valence-corrected chi connectivity index (χ3v) is 6.92. The summed E-state index contributed by atoms with van der Waals surface area (Å²) in [6.07, 6.45) is 4.02. The number of imide groups is 2. The van der Waals surface area contributed by atoms with Crippen LogP contribution in [0.25, 0.3) is 0 Å². The molecule has 32 heavy (non-hydrogen) atoms. The van der Waals surface area contributed by atoms with E-state index < -0.39 is 23.8 Å². The molecule has 3 rings (SSSR count). The minimum absolute atomic E-state index is 0.0331. The highest BCUT2D eigenvalue weighted by Gasteiger charge is 2.36. The zero-order valence-electron chi connectivity index (χ0n) is 18.9. The number of benzene rings is 1. The molecule has 4 amide bonds. The molecular formula is C24H31N3O5. The summed E-state index contributed by atoms with van der Waals surface area (Å²) >= 11 is 0. The van der Waals surface area contributed by atoms with Crippen molar-refractivity contribution in [3.8, 4) is 0 Å². The van der Waals surface area contributed by atoms with Gasteiger partial charge in [-0.3, -0.25) is 29.4 Å². The number of anilines is 1. The Kier molecular flexibility index (Phi) is 7.11. The van der Waals surface area contributed by atoms with E-state index in [1.165, 1.54) is 0 Å². The Morgan fingerprint density at radius 3 is 2.47 bits per heavy atom. The van der Waals surface area contributed by atoms with Crippen molar-refractivity contribution in [2.75, 3.05) is 18.0 Å². The van der Waals surface area contributed by atoms with E-state index in [4.69, 9.17) is 0 Å². The topological polar surface area (TPSA) is 104 Å². The molecule has 2 fully saturated rings. The van der Waals surface area contributed by atoms with Gasteiger partial charge in [0, 0.05) is 37.2 Å².